The molecular formula is C27H32F3N3O3S2. The molecule has 0 spiro atoms. The lowest BCUT2D eigenvalue weighted by Gasteiger charge is -2.21. The maximum atomic E-state index is 13.1. The molecule has 0 aliphatic heterocycles. The lowest BCUT2D eigenvalue weighted by Crippen LogP contribution is -2.32. The number of nitrogens with one attached hydrogen (secondary N) is 1. The summed E-state index contributed by atoms with van der Waals surface area (Å²) in [5.74, 6) is -0.833. The summed E-state index contributed by atoms with van der Waals surface area (Å²) in [6, 6.07) is 9.82. The molecular weight excluding hydrogens is 535 g/mol. The number of amides is 1. The third kappa shape index (κ3) is 7.21. The van der Waals surface area contributed by atoms with Gasteiger partial charge in [0.15, 0.2) is 5.01 Å². The maximum Gasteiger partial charge on any atom is 0.443 e. The second-order valence-electron chi connectivity index (χ2n) is 10.1. The van der Waals surface area contributed by atoms with E-state index < -0.39 is 27.1 Å². The molecule has 2 aromatic carbocycles. The van der Waals surface area contributed by atoms with Crippen LogP contribution in [0.15, 0.2) is 46.7 Å². The molecule has 206 valence electrons. The van der Waals surface area contributed by atoms with E-state index in [4.69, 9.17) is 0 Å². The highest BCUT2D eigenvalue weighted by Crippen LogP contribution is 2.37. The van der Waals surface area contributed by atoms with Crippen molar-refractivity contribution in [2.24, 2.45) is 0 Å². The van der Waals surface area contributed by atoms with Crippen LogP contribution in [0.25, 0.3) is 11.3 Å². The van der Waals surface area contributed by atoms with Gasteiger partial charge in [0, 0.05) is 17.5 Å². The van der Waals surface area contributed by atoms with Crippen molar-refractivity contribution < 1.29 is 26.4 Å². The molecule has 1 amide bonds. The highest BCUT2D eigenvalue weighted by Gasteiger charge is 2.35. The third-order valence-corrected chi connectivity index (χ3v) is 8.20. The van der Waals surface area contributed by atoms with Crippen LogP contribution >= 0.6 is 11.3 Å². The van der Waals surface area contributed by atoms with Crippen molar-refractivity contribution in [1.29, 1.82) is 0 Å². The minimum absolute atomic E-state index is 0.0131. The summed E-state index contributed by atoms with van der Waals surface area (Å²) in [4.78, 5) is 18.7. The zero-order valence-corrected chi connectivity index (χ0v) is 23.8. The largest absolute Gasteiger partial charge is 0.443 e. The Morgan fingerprint density at radius 1 is 1.03 bits per heavy atom. The fourth-order valence-corrected chi connectivity index (χ4v) is 5.86. The number of carbonyl (C=O) groups excluding carboxylic acids is 1. The van der Waals surface area contributed by atoms with Crippen LogP contribution in [0.5, 0.6) is 0 Å². The van der Waals surface area contributed by atoms with Gasteiger partial charge in [-0.3, -0.25) is 4.79 Å². The van der Waals surface area contributed by atoms with Gasteiger partial charge in [0.1, 0.15) is 0 Å². The van der Waals surface area contributed by atoms with E-state index in [9.17, 15) is 26.4 Å². The van der Waals surface area contributed by atoms with Crippen LogP contribution in [0.1, 0.15) is 66.8 Å². The van der Waals surface area contributed by atoms with Crippen molar-refractivity contribution in [3.63, 3.8) is 0 Å². The quantitative estimate of drug-likeness (QED) is 0.334. The Kier molecular flexibility index (Phi) is 9.05. The number of nitrogens with zero attached hydrogens (tertiary/aromatic N) is 2. The zero-order valence-electron chi connectivity index (χ0n) is 22.2. The first-order valence-corrected chi connectivity index (χ1v) is 14.4. The Bertz CT molecular complexity index is 1370. The van der Waals surface area contributed by atoms with E-state index in [2.05, 4.69) is 9.71 Å². The molecule has 1 aromatic heterocycles. The third-order valence-electron chi connectivity index (χ3n) is 5.92. The molecule has 0 unspecified atom stereocenters. The van der Waals surface area contributed by atoms with E-state index >= 15 is 0 Å². The standard InChI is InChI=1S/C27H32F3N3O3S2/c1-16(2)21-11-19(24-15-37-26(31-24)27(28,29)30)12-22(17(3)4)23(21)13-25(34)32-38(35,36)20-9-7-18(8-10-20)14-33(5)6/h7-12,15-17H,13-14H2,1-6H3,(H,32,34). The van der Waals surface area contributed by atoms with Crippen LogP contribution in [-0.2, 0) is 34.0 Å². The topological polar surface area (TPSA) is 79.4 Å². The minimum Gasteiger partial charge on any atom is -0.305 e. The Morgan fingerprint density at radius 2 is 1.58 bits per heavy atom. The molecule has 0 saturated carbocycles. The Morgan fingerprint density at radius 3 is 2.03 bits per heavy atom. The highest BCUT2D eigenvalue weighted by molar-refractivity contribution is 7.90. The summed E-state index contributed by atoms with van der Waals surface area (Å²) in [7, 11) is -0.266. The van der Waals surface area contributed by atoms with Gasteiger partial charge in [0.25, 0.3) is 10.0 Å². The second kappa shape index (κ2) is 11.5. The molecule has 0 fully saturated rings. The van der Waals surface area contributed by atoms with Gasteiger partial charge in [-0.1, -0.05) is 39.8 Å². The molecule has 0 bridgehead atoms. The Balaban J connectivity index is 1.92. The van der Waals surface area contributed by atoms with Crippen LogP contribution in [0.4, 0.5) is 13.2 Å². The lowest BCUT2D eigenvalue weighted by molar-refractivity contribution is -0.137. The summed E-state index contributed by atoms with van der Waals surface area (Å²) in [6.07, 6.45) is -4.72. The first kappa shape index (κ1) is 29.8. The fourth-order valence-electron chi connectivity index (χ4n) is 4.18. The number of carbonyl (C=O) groups is 1. The molecule has 1 heterocycles. The van der Waals surface area contributed by atoms with Gasteiger partial charge >= 0.3 is 6.18 Å². The average molecular weight is 568 g/mol. The predicted octanol–water partition coefficient (Wildman–Crippen LogP) is 6.18. The SMILES string of the molecule is CC(C)c1cc(-c2csc(C(F)(F)F)n2)cc(C(C)C)c1CC(=O)NS(=O)(=O)c1ccc(CN(C)C)cc1. The van der Waals surface area contributed by atoms with E-state index in [0.29, 0.717) is 29.0 Å². The highest BCUT2D eigenvalue weighted by atomic mass is 32.2. The normalized spacial score (nSPS) is 12.5. The molecule has 0 saturated heterocycles. The number of thiazole rings is 1. The Labute approximate surface area is 226 Å². The molecule has 11 heteroatoms. The van der Waals surface area contributed by atoms with Gasteiger partial charge in [-0.25, -0.2) is 18.1 Å². The number of rotatable bonds is 9. The summed E-state index contributed by atoms with van der Waals surface area (Å²) in [6.45, 7) is 8.31. The van der Waals surface area contributed by atoms with Gasteiger partial charge in [-0.2, -0.15) is 13.2 Å². The van der Waals surface area contributed by atoms with E-state index in [0.717, 1.165) is 16.7 Å². The Hall–Kier alpha value is -2.76. The first-order valence-electron chi connectivity index (χ1n) is 12.1. The van der Waals surface area contributed by atoms with E-state index in [1.54, 1.807) is 24.3 Å². The summed E-state index contributed by atoms with van der Waals surface area (Å²) in [5.41, 5.74) is 3.85. The molecule has 0 radical (unpaired) electrons. The number of halogens is 3. The van der Waals surface area contributed by atoms with Crippen LogP contribution in [0.2, 0.25) is 0 Å². The van der Waals surface area contributed by atoms with Crippen LogP contribution < -0.4 is 4.72 Å². The van der Waals surface area contributed by atoms with Crippen molar-refractivity contribution in [1.82, 2.24) is 14.6 Å². The van der Waals surface area contributed by atoms with E-state index in [-0.39, 0.29) is 28.8 Å². The number of alkyl halides is 3. The number of benzene rings is 2. The van der Waals surface area contributed by atoms with Gasteiger partial charge in [0.2, 0.25) is 5.91 Å². The summed E-state index contributed by atoms with van der Waals surface area (Å²) in [5, 5.41) is 0.447. The van der Waals surface area contributed by atoms with Crippen LogP contribution in [0, 0.1) is 0 Å². The summed E-state index contributed by atoms with van der Waals surface area (Å²) >= 11 is 0.533. The number of hydrogen-bond acceptors (Lipinski definition) is 6. The average Bonchev–Trinajstić information content (AvgIpc) is 3.29. The van der Waals surface area contributed by atoms with Crippen molar-refractivity contribution in [3.8, 4) is 11.3 Å². The van der Waals surface area contributed by atoms with Crippen molar-refractivity contribution >= 4 is 27.3 Å². The smallest absolute Gasteiger partial charge is 0.305 e. The van der Waals surface area contributed by atoms with Crippen LogP contribution in [-0.4, -0.2) is 38.3 Å². The molecule has 38 heavy (non-hydrogen) atoms. The monoisotopic (exact) mass is 567 g/mol. The molecule has 3 rings (SSSR count). The maximum absolute atomic E-state index is 13.1. The predicted molar refractivity (Wildman–Crippen MR) is 144 cm³/mol. The second-order valence-corrected chi connectivity index (χ2v) is 12.6. The first-order chi connectivity index (χ1) is 17.6. The minimum atomic E-state index is -4.53. The molecule has 0 aliphatic carbocycles. The van der Waals surface area contributed by atoms with Gasteiger partial charge < -0.3 is 4.90 Å². The van der Waals surface area contributed by atoms with Crippen molar-refractivity contribution in [2.45, 2.75) is 63.6 Å². The number of aromatic nitrogens is 1. The van der Waals surface area contributed by atoms with Crippen molar-refractivity contribution in [2.75, 3.05) is 14.1 Å². The fraction of sp³-hybridized carbons (Fsp3) is 0.407. The molecule has 0 atom stereocenters. The van der Waals surface area contributed by atoms with Gasteiger partial charge in [-0.05, 0) is 72.5 Å². The van der Waals surface area contributed by atoms with E-state index in [1.807, 2.05) is 46.7 Å². The number of sulfonamides is 1. The van der Waals surface area contributed by atoms with Gasteiger partial charge in [0.05, 0.1) is 17.0 Å². The molecule has 3 aromatic rings. The lowest BCUT2D eigenvalue weighted by atomic mass is 9.84. The molecule has 1 N–H and O–H groups in total. The van der Waals surface area contributed by atoms with E-state index in [1.165, 1.54) is 17.5 Å². The molecule has 0 aliphatic rings. The molecule has 6 nitrogen and oxygen atoms in total. The summed E-state index contributed by atoms with van der Waals surface area (Å²) < 4.78 is 67.3. The van der Waals surface area contributed by atoms with Crippen LogP contribution in [0.3, 0.4) is 0 Å². The zero-order chi connectivity index (χ0) is 28.4. The van der Waals surface area contributed by atoms with Gasteiger partial charge in [-0.15, -0.1) is 11.3 Å². The van der Waals surface area contributed by atoms with Crippen molar-refractivity contribution in [3.05, 3.63) is 69.0 Å². The number of hydrogen-bond donors (Lipinski definition) is 1.